The van der Waals surface area contributed by atoms with Gasteiger partial charge in [-0.1, -0.05) is 6.07 Å². The van der Waals surface area contributed by atoms with Crippen LogP contribution in [0.3, 0.4) is 0 Å². The molecular weight excluding hydrogens is 210 g/mol. The first-order valence-corrected chi connectivity index (χ1v) is 4.84. The second-order valence-electron chi connectivity index (χ2n) is 3.62. The van der Waals surface area contributed by atoms with Gasteiger partial charge >= 0.3 is 5.76 Å². The number of rotatable bonds is 3. The lowest BCUT2D eigenvalue weighted by Crippen LogP contribution is -2.18. The van der Waals surface area contributed by atoms with Crippen molar-refractivity contribution in [2.24, 2.45) is 0 Å². The van der Waals surface area contributed by atoms with Crippen LogP contribution < -0.4 is 5.76 Å². The van der Waals surface area contributed by atoms with Crippen LogP contribution in [0.25, 0.3) is 11.1 Å². The maximum Gasteiger partial charge on any atom is 0.420 e. The lowest BCUT2D eigenvalue weighted by molar-refractivity contribution is -0.117. The number of carbonyl (C=O) groups is 1. The molecule has 2 rings (SSSR count). The number of hydrogen-bond donors (Lipinski definition) is 1. The SMILES string of the molecule is CC(=O)Cn1c(=O)oc2ccc(CO)cc21. The molecule has 0 aliphatic carbocycles. The molecule has 5 heteroatoms. The molecule has 0 aliphatic rings. The highest BCUT2D eigenvalue weighted by atomic mass is 16.4. The van der Waals surface area contributed by atoms with Gasteiger partial charge in [-0.15, -0.1) is 0 Å². The van der Waals surface area contributed by atoms with Crippen LogP contribution in [0.1, 0.15) is 12.5 Å². The summed E-state index contributed by atoms with van der Waals surface area (Å²) in [5.41, 5.74) is 1.63. The topological polar surface area (TPSA) is 72.4 Å². The largest absolute Gasteiger partial charge is 0.420 e. The Kier molecular flexibility index (Phi) is 2.62. The van der Waals surface area contributed by atoms with Crippen LogP contribution in [0.5, 0.6) is 0 Å². The second kappa shape index (κ2) is 3.94. The van der Waals surface area contributed by atoms with Gasteiger partial charge in [0.25, 0.3) is 0 Å². The molecular formula is C11H11NO4. The molecule has 2 aromatic rings. The Morgan fingerprint density at radius 3 is 2.88 bits per heavy atom. The lowest BCUT2D eigenvalue weighted by Gasteiger charge is -1.99. The van der Waals surface area contributed by atoms with Crippen molar-refractivity contribution in [2.75, 3.05) is 0 Å². The summed E-state index contributed by atoms with van der Waals surface area (Å²) in [7, 11) is 0. The predicted octanol–water partition coefficient (Wildman–Crippen LogP) is 0.676. The lowest BCUT2D eigenvalue weighted by atomic mass is 10.2. The number of hydrogen-bond acceptors (Lipinski definition) is 4. The average molecular weight is 221 g/mol. The second-order valence-corrected chi connectivity index (χ2v) is 3.62. The van der Waals surface area contributed by atoms with Gasteiger partial charge in [-0.2, -0.15) is 0 Å². The number of aromatic nitrogens is 1. The zero-order valence-electron chi connectivity index (χ0n) is 8.77. The Morgan fingerprint density at radius 1 is 1.50 bits per heavy atom. The molecule has 0 fully saturated rings. The van der Waals surface area contributed by atoms with Crippen molar-refractivity contribution in [3.8, 4) is 0 Å². The molecule has 84 valence electrons. The number of aliphatic hydroxyl groups is 1. The number of ketones is 1. The molecule has 0 bridgehead atoms. The Morgan fingerprint density at radius 2 is 2.25 bits per heavy atom. The van der Waals surface area contributed by atoms with Gasteiger partial charge in [0.1, 0.15) is 5.78 Å². The normalized spacial score (nSPS) is 10.9. The molecule has 0 atom stereocenters. The van der Waals surface area contributed by atoms with Crippen molar-refractivity contribution < 1.29 is 14.3 Å². The maximum atomic E-state index is 11.5. The van der Waals surface area contributed by atoms with E-state index in [4.69, 9.17) is 9.52 Å². The van der Waals surface area contributed by atoms with E-state index in [0.29, 0.717) is 16.7 Å². The van der Waals surface area contributed by atoms with Gasteiger partial charge in [0.15, 0.2) is 5.58 Å². The molecule has 0 spiro atoms. The summed E-state index contributed by atoms with van der Waals surface area (Å²) in [4.78, 5) is 22.5. The summed E-state index contributed by atoms with van der Waals surface area (Å²) in [6, 6.07) is 4.92. The van der Waals surface area contributed by atoms with Crippen LogP contribution >= 0.6 is 0 Å². The fourth-order valence-electron chi connectivity index (χ4n) is 1.58. The van der Waals surface area contributed by atoms with E-state index in [2.05, 4.69) is 0 Å². The highest BCUT2D eigenvalue weighted by molar-refractivity contribution is 5.79. The summed E-state index contributed by atoms with van der Waals surface area (Å²) in [5, 5.41) is 8.99. The highest BCUT2D eigenvalue weighted by Gasteiger charge is 2.10. The number of Topliss-reactive ketones (excluding diaryl/α,β-unsaturated/α-hetero) is 1. The minimum Gasteiger partial charge on any atom is -0.408 e. The van der Waals surface area contributed by atoms with E-state index >= 15 is 0 Å². The van der Waals surface area contributed by atoms with Gasteiger partial charge in [-0.25, -0.2) is 4.79 Å². The summed E-state index contributed by atoms with van der Waals surface area (Å²) in [6.07, 6.45) is 0. The van der Waals surface area contributed by atoms with E-state index in [9.17, 15) is 9.59 Å². The van der Waals surface area contributed by atoms with Crippen LogP contribution in [0, 0.1) is 0 Å². The molecule has 0 aliphatic heterocycles. The van der Waals surface area contributed by atoms with Crippen LogP contribution in [-0.4, -0.2) is 15.5 Å². The molecule has 1 heterocycles. The number of aliphatic hydroxyl groups excluding tert-OH is 1. The van der Waals surface area contributed by atoms with Gasteiger partial charge in [-0.05, 0) is 24.6 Å². The van der Waals surface area contributed by atoms with E-state index in [1.54, 1.807) is 18.2 Å². The number of benzene rings is 1. The van der Waals surface area contributed by atoms with Crippen molar-refractivity contribution in [3.63, 3.8) is 0 Å². The Bertz CT molecular complexity index is 594. The van der Waals surface area contributed by atoms with Crippen molar-refractivity contribution >= 4 is 16.9 Å². The molecule has 0 radical (unpaired) electrons. The third-order valence-electron chi connectivity index (χ3n) is 2.30. The number of oxazole rings is 1. The summed E-state index contributed by atoms with van der Waals surface area (Å²) in [5.74, 6) is -0.681. The Labute approximate surface area is 90.9 Å². The summed E-state index contributed by atoms with van der Waals surface area (Å²) < 4.78 is 6.23. The molecule has 0 unspecified atom stereocenters. The summed E-state index contributed by atoms with van der Waals surface area (Å²) >= 11 is 0. The van der Waals surface area contributed by atoms with Gasteiger partial charge in [0, 0.05) is 0 Å². The number of nitrogens with zero attached hydrogens (tertiary/aromatic N) is 1. The molecule has 1 N–H and O–H groups in total. The standard InChI is InChI=1S/C11H11NO4/c1-7(14)5-12-9-4-8(6-13)2-3-10(9)16-11(12)15/h2-4,13H,5-6H2,1H3. The molecule has 1 aromatic carbocycles. The van der Waals surface area contributed by atoms with E-state index in [1.807, 2.05) is 0 Å². The van der Waals surface area contributed by atoms with E-state index in [-0.39, 0.29) is 18.9 Å². The van der Waals surface area contributed by atoms with E-state index in [0.717, 1.165) is 0 Å². The third kappa shape index (κ3) is 1.77. The maximum absolute atomic E-state index is 11.5. The quantitative estimate of drug-likeness (QED) is 0.827. The first-order chi connectivity index (χ1) is 7.61. The van der Waals surface area contributed by atoms with Crippen LogP contribution in [-0.2, 0) is 17.9 Å². The zero-order valence-corrected chi connectivity index (χ0v) is 8.77. The summed E-state index contributed by atoms with van der Waals surface area (Å²) in [6.45, 7) is 1.28. The molecule has 5 nitrogen and oxygen atoms in total. The number of fused-ring (bicyclic) bond motifs is 1. The smallest absolute Gasteiger partial charge is 0.408 e. The number of carbonyl (C=O) groups excluding carboxylic acids is 1. The van der Waals surface area contributed by atoms with Crippen LogP contribution in [0.2, 0.25) is 0 Å². The van der Waals surface area contributed by atoms with Crippen molar-refractivity contribution in [1.29, 1.82) is 0 Å². The molecule has 16 heavy (non-hydrogen) atoms. The van der Waals surface area contributed by atoms with Crippen molar-refractivity contribution in [2.45, 2.75) is 20.1 Å². The van der Waals surface area contributed by atoms with Gasteiger partial charge in [0.05, 0.1) is 18.7 Å². The fraction of sp³-hybridized carbons (Fsp3) is 0.273. The molecule has 0 amide bonds. The van der Waals surface area contributed by atoms with E-state index < -0.39 is 5.76 Å². The average Bonchev–Trinajstić information content (AvgIpc) is 2.54. The van der Waals surface area contributed by atoms with Crippen LogP contribution in [0.15, 0.2) is 27.4 Å². The zero-order chi connectivity index (χ0) is 11.7. The minimum atomic E-state index is -0.555. The molecule has 0 saturated carbocycles. The van der Waals surface area contributed by atoms with Gasteiger partial charge in [0.2, 0.25) is 0 Å². The minimum absolute atomic E-state index is 0.0132. The monoisotopic (exact) mass is 221 g/mol. The van der Waals surface area contributed by atoms with Crippen LogP contribution in [0.4, 0.5) is 0 Å². The molecule has 1 aromatic heterocycles. The predicted molar refractivity (Wildman–Crippen MR) is 57.1 cm³/mol. The Hall–Kier alpha value is -1.88. The Balaban J connectivity index is 2.65. The van der Waals surface area contributed by atoms with Gasteiger partial charge < -0.3 is 9.52 Å². The van der Waals surface area contributed by atoms with Gasteiger partial charge in [-0.3, -0.25) is 9.36 Å². The first kappa shape index (κ1) is 10.6. The third-order valence-corrected chi connectivity index (χ3v) is 2.30. The van der Waals surface area contributed by atoms with Crippen molar-refractivity contribution in [1.82, 2.24) is 4.57 Å². The molecule has 0 saturated heterocycles. The van der Waals surface area contributed by atoms with E-state index in [1.165, 1.54) is 11.5 Å². The first-order valence-electron chi connectivity index (χ1n) is 4.84. The highest BCUT2D eigenvalue weighted by Crippen LogP contribution is 2.15. The fourth-order valence-corrected chi connectivity index (χ4v) is 1.58. The van der Waals surface area contributed by atoms with Crippen molar-refractivity contribution in [3.05, 3.63) is 34.3 Å².